The predicted molar refractivity (Wildman–Crippen MR) is 57.2 cm³/mol. The average Bonchev–Trinajstić information content (AvgIpc) is 2.61. The summed E-state index contributed by atoms with van der Waals surface area (Å²) < 4.78 is 22.3. The summed E-state index contributed by atoms with van der Waals surface area (Å²) in [6, 6.07) is 1.61. The summed E-state index contributed by atoms with van der Waals surface area (Å²) >= 11 is 1.42. The highest BCUT2D eigenvalue weighted by molar-refractivity contribution is 8.13. The maximum absolute atomic E-state index is 11.1. The van der Waals surface area contributed by atoms with E-state index in [-0.39, 0.29) is 10.4 Å². The molecule has 0 aromatic carbocycles. The van der Waals surface area contributed by atoms with E-state index in [0.29, 0.717) is 4.88 Å². The Kier molecular flexibility index (Phi) is 2.19. The second kappa shape index (κ2) is 2.95. The van der Waals surface area contributed by atoms with Crippen molar-refractivity contribution in [2.45, 2.75) is 30.2 Å². The Hall–Kier alpha value is -0.100. The largest absolute Gasteiger partial charge is 0.321 e. The Morgan fingerprint density at radius 1 is 1.57 bits per heavy atom. The van der Waals surface area contributed by atoms with Crippen molar-refractivity contribution >= 4 is 31.1 Å². The molecule has 0 amide bonds. The van der Waals surface area contributed by atoms with E-state index in [0.717, 1.165) is 17.7 Å². The van der Waals surface area contributed by atoms with Gasteiger partial charge in [0.1, 0.15) is 0 Å². The summed E-state index contributed by atoms with van der Waals surface area (Å²) in [6.07, 6.45) is 1.85. The van der Waals surface area contributed by atoms with Crippen LogP contribution in [-0.2, 0) is 14.6 Å². The Labute approximate surface area is 91.3 Å². The second-order valence-corrected chi connectivity index (χ2v) is 7.42. The Morgan fingerprint density at radius 2 is 2.14 bits per heavy atom. The van der Waals surface area contributed by atoms with E-state index < -0.39 is 9.05 Å². The standard InChI is InChI=1S/C8H10ClNO2S2/c1-5-6(14(9,11)12)4-7(13-5)8(10)2-3-8/h4H,2-3,10H2,1H3. The van der Waals surface area contributed by atoms with Crippen molar-refractivity contribution in [2.75, 3.05) is 0 Å². The molecule has 0 bridgehead atoms. The zero-order chi connectivity index (χ0) is 10.6. The lowest BCUT2D eigenvalue weighted by Gasteiger charge is -2.02. The zero-order valence-electron chi connectivity index (χ0n) is 7.58. The van der Waals surface area contributed by atoms with Gasteiger partial charge in [0.15, 0.2) is 0 Å². The van der Waals surface area contributed by atoms with Crippen LogP contribution in [0.2, 0.25) is 0 Å². The van der Waals surface area contributed by atoms with Gasteiger partial charge in [0, 0.05) is 20.4 Å². The van der Waals surface area contributed by atoms with Gasteiger partial charge >= 0.3 is 0 Å². The zero-order valence-corrected chi connectivity index (χ0v) is 9.97. The quantitative estimate of drug-likeness (QED) is 0.817. The third kappa shape index (κ3) is 1.69. The number of nitrogens with two attached hydrogens (primary N) is 1. The number of aryl methyl sites for hydroxylation is 1. The third-order valence-corrected chi connectivity index (χ3v) is 5.26. The van der Waals surface area contributed by atoms with Crippen molar-refractivity contribution in [1.29, 1.82) is 0 Å². The molecule has 1 aliphatic rings. The van der Waals surface area contributed by atoms with E-state index in [1.54, 1.807) is 13.0 Å². The van der Waals surface area contributed by atoms with Crippen molar-refractivity contribution in [3.8, 4) is 0 Å². The van der Waals surface area contributed by atoms with E-state index in [2.05, 4.69) is 0 Å². The minimum Gasteiger partial charge on any atom is -0.321 e. The van der Waals surface area contributed by atoms with Gasteiger partial charge in [0.25, 0.3) is 9.05 Å². The van der Waals surface area contributed by atoms with Crippen molar-refractivity contribution in [3.63, 3.8) is 0 Å². The normalized spacial score (nSPS) is 19.6. The molecule has 0 aliphatic heterocycles. The van der Waals surface area contributed by atoms with Crippen LogP contribution in [0.4, 0.5) is 0 Å². The summed E-state index contributed by atoms with van der Waals surface area (Å²) in [5.74, 6) is 0. The van der Waals surface area contributed by atoms with Crippen LogP contribution < -0.4 is 5.73 Å². The monoisotopic (exact) mass is 251 g/mol. The number of halogens is 1. The fourth-order valence-electron chi connectivity index (χ4n) is 1.33. The van der Waals surface area contributed by atoms with Crippen LogP contribution in [0.15, 0.2) is 11.0 Å². The smallest absolute Gasteiger partial charge is 0.262 e. The lowest BCUT2D eigenvalue weighted by atomic mass is 10.2. The van der Waals surface area contributed by atoms with Crippen molar-refractivity contribution < 1.29 is 8.42 Å². The molecular formula is C8H10ClNO2S2. The van der Waals surface area contributed by atoms with Gasteiger partial charge in [-0.3, -0.25) is 0 Å². The fourth-order valence-corrected chi connectivity index (χ4v) is 4.16. The lowest BCUT2D eigenvalue weighted by Crippen LogP contribution is -2.16. The third-order valence-electron chi connectivity index (χ3n) is 2.41. The fraction of sp³-hybridized carbons (Fsp3) is 0.500. The van der Waals surface area contributed by atoms with Gasteiger partial charge in [-0.05, 0) is 25.8 Å². The molecule has 1 saturated carbocycles. The van der Waals surface area contributed by atoms with Gasteiger partial charge in [-0.1, -0.05) is 0 Å². The van der Waals surface area contributed by atoms with E-state index in [1.165, 1.54) is 11.3 Å². The van der Waals surface area contributed by atoms with Gasteiger partial charge in [0.2, 0.25) is 0 Å². The van der Waals surface area contributed by atoms with Crippen LogP contribution in [0.25, 0.3) is 0 Å². The molecule has 1 heterocycles. The minimum atomic E-state index is -3.62. The number of hydrogen-bond donors (Lipinski definition) is 1. The van der Waals surface area contributed by atoms with Crippen LogP contribution in [0.1, 0.15) is 22.6 Å². The summed E-state index contributed by atoms with van der Waals surface area (Å²) in [5.41, 5.74) is 5.68. The highest BCUT2D eigenvalue weighted by atomic mass is 35.7. The van der Waals surface area contributed by atoms with E-state index >= 15 is 0 Å². The molecule has 0 spiro atoms. The number of thiophene rings is 1. The highest BCUT2D eigenvalue weighted by Gasteiger charge is 2.42. The molecular weight excluding hydrogens is 242 g/mol. The van der Waals surface area contributed by atoms with Crippen molar-refractivity contribution in [2.24, 2.45) is 5.73 Å². The Balaban J connectivity index is 2.50. The van der Waals surface area contributed by atoms with Crippen molar-refractivity contribution in [1.82, 2.24) is 0 Å². The molecule has 1 aromatic rings. The van der Waals surface area contributed by atoms with Gasteiger partial charge in [-0.25, -0.2) is 8.42 Å². The molecule has 0 saturated heterocycles. The molecule has 0 unspecified atom stereocenters. The molecule has 2 rings (SSSR count). The van der Waals surface area contributed by atoms with E-state index in [1.807, 2.05) is 0 Å². The van der Waals surface area contributed by atoms with Crippen molar-refractivity contribution in [3.05, 3.63) is 15.8 Å². The molecule has 0 atom stereocenters. The molecule has 14 heavy (non-hydrogen) atoms. The first-order valence-corrected chi connectivity index (χ1v) is 7.30. The molecule has 2 N–H and O–H groups in total. The molecule has 1 fully saturated rings. The summed E-state index contributed by atoms with van der Waals surface area (Å²) in [6.45, 7) is 1.75. The van der Waals surface area contributed by atoms with E-state index in [9.17, 15) is 8.42 Å². The maximum Gasteiger partial charge on any atom is 0.262 e. The van der Waals surface area contributed by atoms with Gasteiger partial charge in [-0.2, -0.15) is 0 Å². The summed E-state index contributed by atoms with van der Waals surface area (Å²) in [7, 11) is 1.67. The van der Waals surface area contributed by atoms with Gasteiger partial charge < -0.3 is 5.73 Å². The van der Waals surface area contributed by atoms with Crippen LogP contribution >= 0.6 is 22.0 Å². The minimum absolute atomic E-state index is 0.205. The highest BCUT2D eigenvalue weighted by Crippen LogP contribution is 2.47. The topological polar surface area (TPSA) is 60.2 Å². The van der Waals surface area contributed by atoms with Crippen LogP contribution in [0, 0.1) is 6.92 Å². The Morgan fingerprint density at radius 3 is 2.50 bits per heavy atom. The van der Waals surface area contributed by atoms with Gasteiger partial charge in [-0.15, -0.1) is 11.3 Å². The first-order valence-electron chi connectivity index (χ1n) is 4.17. The van der Waals surface area contributed by atoms with E-state index in [4.69, 9.17) is 16.4 Å². The maximum atomic E-state index is 11.1. The summed E-state index contributed by atoms with van der Waals surface area (Å²) in [4.78, 5) is 1.84. The van der Waals surface area contributed by atoms with Gasteiger partial charge in [0.05, 0.1) is 10.4 Å². The Bertz CT molecular complexity index is 474. The molecule has 1 aliphatic carbocycles. The first-order chi connectivity index (χ1) is 6.33. The summed E-state index contributed by atoms with van der Waals surface area (Å²) in [5, 5.41) is 0. The first kappa shape index (κ1) is 10.4. The molecule has 3 nitrogen and oxygen atoms in total. The predicted octanol–water partition coefficient (Wildman–Crippen LogP) is 1.93. The second-order valence-electron chi connectivity index (χ2n) is 3.63. The number of hydrogen-bond acceptors (Lipinski definition) is 4. The lowest BCUT2D eigenvalue weighted by molar-refractivity contribution is 0.609. The molecule has 0 radical (unpaired) electrons. The van der Waals surface area contributed by atoms with Crippen LogP contribution in [-0.4, -0.2) is 8.42 Å². The average molecular weight is 252 g/mol. The SMILES string of the molecule is Cc1sc(C2(N)CC2)cc1S(=O)(=O)Cl. The van der Waals surface area contributed by atoms with Crippen LogP contribution in [0.5, 0.6) is 0 Å². The molecule has 78 valence electrons. The number of rotatable bonds is 2. The molecule has 1 aromatic heterocycles. The molecule has 6 heteroatoms. The van der Waals surface area contributed by atoms with Crippen LogP contribution in [0.3, 0.4) is 0 Å².